The number of rotatable bonds is 0. The molecule has 0 aliphatic rings. The van der Waals surface area contributed by atoms with Crippen LogP contribution in [0.15, 0.2) is 24.5 Å². The summed E-state index contributed by atoms with van der Waals surface area (Å²) >= 11 is 0. The number of nitrogens with zero attached hydrogens (tertiary/aromatic N) is 2. The second kappa shape index (κ2) is 1.73. The second-order valence-corrected chi connectivity index (χ2v) is 2.06. The van der Waals surface area contributed by atoms with E-state index in [1.54, 1.807) is 6.33 Å². The standard InChI is InChI=1S/C7H6N3/c8-10-5-9-6-3-1-2-4-7(6)10/h1-2,4-5H,8H2. The van der Waals surface area contributed by atoms with Gasteiger partial charge in [0.15, 0.2) is 0 Å². The Morgan fingerprint density at radius 1 is 1.60 bits per heavy atom. The van der Waals surface area contributed by atoms with E-state index < -0.39 is 0 Å². The smallest absolute Gasteiger partial charge is 0.115 e. The zero-order valence-electron chi connectivity index (χ0n) is 5.28. The Kier molecular flexibility index (Phi) is 0.917. The van der Waals surface area contributed by atoms with E-state index in [1.165, 1.54) is 4.68 Å². The van der Waals surface area contributed by atoms with Crippen molar-refractivity contribution in [3.63, 3.8) is 0 Å². The molecule has 1 aromatic heterocycles. The summed E-state index contributed by atoms with van der Waals surface area (Å²) in [4.78, 5) is 4.00. The number of hydrogen-bond donors (Lipinski definition) is 1. The lowest BCUT2D eigenvalue weighted by Crippen LogP contribution is -2.04. The van der Waals surface area contributed by atoms with Crippen molar-refractivity contribution in [2.45, 2.75) is 0 Å². The minimum Gasteiger partial charge on any atom is -0.338 e. The maximum absolute atomic E-state index is 5.51. The van der Waals surface area contributed by atoms with E-state index in [4.69, 9.17) is 5.84 Å². The maximum atomic E-state index is 5.51. The van der Waals surface area contributed by atoms with E-state index in [9.17, 15) is 0 Å². The lowest BCUT2D eigenvalue weighted by atomic mass is 10.3. The highest BCUT2D eigenvalue weighted by Gasteiger charge is 1.95. The quantitative estimate of drug-likeness (QED) is 0.532. The Morgan fingerprint density at radius 3 is 3.30 bits per heavy atom. The van der Waals surface area contributed by atoms with Gasteiger partial charge >= 0.3 is 0 Å². The molecule has 3 nitrogen and oxygen atoms in total. The van der Waals surface area contributed by atoms with Crippen molar-refractivity contribution >= 4 is 11.0 Å². The fourth-order valence-corrected chi connectivity index (χ4v) is 0.913. The van der Waals surface area contributed by atoms with Crippen molar-refractivity contribution in [3.8, 4) is 0 Å². The molecule has 0 unspecified atom stereocenters. The summed E-state index contributed by atoms with van der Waals surface area (Å²) in [5, 5.41) is 0. The highest BCUT2D eigenvalue weighted by molar-refractivity contribution is 5.74. The highest BCUT2D eigenvalue weighted by Crippen LogP contribution is 2.06. The largest absolute Gasteiger partial charge is 0.338 e. The highest BCUT2D eigenvalue weighted by atomic mass is 15.3. The first-order chi connectivity index (χ1) is 4.88. The molecule has 0 fully saturated rings. The predicted molar refractivity (Wildman–Crippen MR) is 38.7 cm³/mol. The monoisotopic (exact) mass is 132 g/mol. The van der Waals surface area contributed by atoms with Crippen LogP contribution >= 0.6 is 0 Å². The Bertz CT molecular complexity index is 350. The zero-order chi connectivity index (χ0) is 6.97. The summed E-state index contributed by atoms with van der Waals surface area (Å²) in [5.41, 5.74) is 1.72. The first-order valence-electron chi connectivity index (χ1n) is 2.97. The first kappa shape index (κ1) is 5.29. The number of hydrogen-bond acceptors (Lipinski definition) is 2. The molecule has 1 aromatic carbocycles. The minimum absolute atomic E-state index is 0.810. The normalized spacial score (nSPS) is 10.4. The van der Waals surface area contributed by atoms with Gasteiger partial charge in [-0.25, -0.2) is 9.66 Å². The van der Waals surface area contributed by atoms with E-state index >= 15 is 0 Å². The molecule has 49 valence electrons. The third kappa shape index (κ3) is 0.572. The molecule has 0 aliphatic carbocycles. The van der Waals surface area contributed by atoms with Crippen LogP contribution in [-0.4, -0.2) is 9.66 Å². The third-order valence-electron chi connectivity index (χ3n) is 1.40. The maximum Gasteiger partial charge on any atom is 0.115 e. The van der Waals surface area contributed by atoms with Gasteiger partial charge in [-0.15, -0.1) is 0 Å². The molecule has 2 rings (SSSR count). The summed E-state index contributed by atoms with van der Waals surface area (Å²) in [6.45, 7) is 0. The first-order valence-corrected chi connectivity index (χ1v) is 2.97. The summed E-state index contributed by atoms with van der Waals surface area (Å²) in [6, 6.07) is 8.56. The summed E-state index contributed by atoms with van der Waals surface area (Å²) in [6.07, 6.45) is 1.57. The van der Waals surface area contributed by atoms with Crippen LogP contribution in [0.5, 0.6) is 0 Å². The number of fused-ring (bicyclic) bond motifs is 1. The molecule has 0 bridgehead atoms. The lowest BCUT2D eigenvalue weighted by Gasteiger charge is -1.90. The Hall–Kier alpha value is -1.51. The van der Waals surface area contributed by atoms with Crippen molar-refractivity contribution in [2.24, 2.45) is 0 Å². The molecular weight excluding hydrogens is 126 g/mol. The molecule has 1 heterocycles. The molecule has 1 radical (unpaired) electrons. The van der Waals surface area contributed by atoms with Gasteiger partial charge in [-0.05, 0) is 6.07 Å². The summed E-state index contributed by atoms with van der Waals surface area (Å²) < 4.78 is 1.48. The van der Waals surface area contributed by atoms with E-state index in [0.717, 1.165) is 11.0 Å². The number of aromatic nitrogens is 2. The summed E-state index contributed by atoms with van der Waals surface area (Å²) in [7, 11) is 0. The van der Waals surface area contributed by atoms with Crippen molar-refractivity contribution in [1.82, 2.24) is 9.66 Å². The molecule has 0 aliphatic heterocycles. The van der Waals surface area contributed by atoms with Gasteiger partial charge in [-0.2, -0.15) is 0 Å². The van der Waals surface area contributed by atoms with Crippen LogP contribution in [-0.2, 0) is 0 Å². The fraction of sp³-hybridized carbons (Fsp3) is 0. The van der Waals surface area contributed by atoms with E-state index in [0.29, 0.717) is 0 Å². The van der Waals surface area contributed by atoms with Crippen molar-refractivity contribution < 1.29 is 0 Å². The number of para-hydroxylation sites is 1. The topological polar surface area (TPSA) is 43.8 Å². The third-order valence-corrected chi connectivity index (χ3v) is 1.40. The Balaban J connectivity index is 2.93. The molecule has 2 aromatic rings. The van der Waals surface area contributed by atoms with Crippen LogP contribution in [0.4, 0.5) is 0 Å². The van der Waals surface area contributed by atoms with Crippen LogP contribution in [0.2, 0.25) is 0 Å². The number of benzene rings is 1. The van der Waals surface area contributed by atoms with Crippen molar-refractivity contribution in [3.05, 3.63) is 30.6 Å². The number of nitrogen functional groups attached to an aromatic ring is 1. The van der Waals surface area contributed by atoms with Gasteiger partial charge in [0.1, 0.15) is 6.33 Å². The molecule has 3 heteroatoms. The van der Waals surface area contributed by atoms with Crippen molar-refractivity contribution in [1.29, 1.82) is 0 Å². The van der Waals surface area contributed by atoms with Crippen LogP contribution in [0.1, 0.15) is 0 Å². The van der Waals surface area contributed by atoms with Gasteiger partial charge in [0.2, 0.25) is 0 Å². The van der Waals surface area contributed by atoms with E-state index in [-0.39, 0.29) is 0 Å². The van der Waals surface area contributed by atoms with Gasteiger partial charge < -0.3 is 5.84 Å². The average Bonchev–Trinajstić information content (AvgIpc) is 2.34. The molecule has 0 saturated carbocycles. The lowest BCUT2D eigenvalue weighted by molar-refractivity contribution is 1.04. The number of nitrogens with two attached hydrogens (primary N) is 1. The molecule has 0 spiro atoms. The van der Waals surface area contributed by atoms with Crippen LogP contribution in [0.3, 0.4) is 0 Å². The Labute approximate surface area is 58.1 Å². The second-order valence-electron chi connectivity index (χ2n) is 2.06. The van der Waals surface area contributed by atoms with Gasteiger partial charge in [-0.3, -0.25) is 0 Å². The van der Waals surface area contributed by atoms with Gasteiger partial charge in [-0.1, -0.05) is 12.1 Å². The average molecular weight is 132 g/mol. The van der Waals surface area contributed by atoms with Crippen LogP contribution in [0, 0.1) is 6.07 Å². The van der Waals surface area contributed by atoms with E-state index in [2.05, 4.69) is 11.1 Å². The Morgan fingerprint density at radius 2 is 2.50 bits per heavy atom. The molecule has 0 atom stereocenters. The van der Waals surface area contributed by atoms with Gasteiger partial charge in [0.25, 0.3) is 0 Å². The van der Waals surface area contributed by atoms with Crippen molar-refractivity contribution in [2.75, 3.05) is 5.84 Å². The molecular formula is C7H6N3. The molecule has 2 N–H and O–H groups in total. The molecule has 0 saturated heterocycles. The molecule has 0 amide bonds. The predicted octanol–water partition coefficient (Wildman–Crippen LogP) is 0.550. The fourth-order valence-electron chi connectivity index (χ4n) is 0.913. The van der Waals surface area contributed by atoms with E-state index in [1.807, 2.05) is 18.2 Å². The van der Waals surface area contributed by atoms with Crippen LogP contribution < -0.4 is 5.84 Å². The van der Waals surface area contributed by atoms with Crippen LogP contribution in [0.25, 0.3) is 11.0 Å². The van der Waals surface area contributed by atoms with Gasteiger partial charge in [0, 0.05) is 6.07 Å². The SMILES string of the molecule is Nn1cnc2[c]cccc21. The summed E-state index contributed by atoms with van der Waals surface area (Å²) in [5.74, 6) is 5.51. The minimum atomic E-state index is 0.810. The molecule has 10 heavy (non-hydrogen) atoms. The zero-order valence-corrected chi connectivity index (χ0v) is 5.28. The van der Waals surface area contributed by atoms with Gasteiger partial charge in [0.05, 0.1) is 11.0 Å². The number of imidazole rings is 1.